The molecular formula is C19H15F3N4O. The second-order valence-corrected chi connectivity index (χ2v) is 5.73. The molecule has 1 heterocycles. The van der Waals surface area contributed by atoms with E-state index < -0.39 is 11.7 Å². The summed E-state index contributed by atoms with van der Waals surface area (Å²) in [4.78, 5) is 19.8. The molecule has 0 fully saturated rings. The number of anilines is 4. The van der Waals surface area contributed by atoms with Crippen LogP contribution in [0.25, 0.3) is 0 Å². The Morgan fingerprint density at radius 3 is 2.37 bits per heavy atom. The van der Waals surface area contributed by atoms with Crippen LogP contribution in [0, 0.1) is 0 Å². The average Bonchev–Trinajstić information content (AvgIpc) is 2.62. The number of aromatic nitrogens is 2. The Hall–Kier alpha value is -3.42. The Labute approximate surface area is 153 Å². The van der Waals surface area contributed by atoms with Crippen molar-refractivity contribution in [2.45, 2.75) is 13.1 Å². The van der Waals surface area contributed by atoms with Gasteiger partial charge in [0.25, 0.3) is 0 Å². The van der Waals surface area contributed by atoms with Gasteiger partial charge in [-0.05, 0) is 49.4 Å². The minimum Gasteiger partial charge on any atom is -0.340 e. The van der Waals surface area contributed by atoms with Gasteiger partial charge in [0.15, 0.2) is 5.78 Å². The first-order valence-electron chi connectivity index (χ1n) is 7.96. The van der Waals surface area contributed by atoms with Gasteiger partial charge in [-0.2, -0.15) is 18.2 Å². The number of nitrogens with zero attached hydrogens (tertiary/aromatic N) is 2. The molecule has 0 aliphatic rings. The number of ketones is 1. The summed E-state index contributed by atoms with van der Waals surface area (Å²) in [5, 5.41) is 5.92. The highest BCUT2D eigenvalue weighted by atomic mass is 19.4. The van der Waals surface area contributed by atoms with Crippen molar-refractivity contribution in [2.75, 3.05) is 10.6 Å². The SMILES string of the molecule is CC(=O)c1cccc(Nc2nccc(Nc3ccc(C(F)(F)F)cc3)n2)c1. The Morgan fingerprint density at radius 1 is 0.963 bits per heavy atom. The number of Topliss-reactive ketones (excluding diaryl/α,β-unsaturated/α-hetero) is 1. The highest BCUT2D eigenvalue weighted by Crippen LogP contribution is 2.30. The van der Waals surface area contributed by atoms with Crippen LogP contribution in [0.4, 0.5) is 36.3 Å². The maximum absolute atomic E-state index is 12.6. The van der Waals surface area contributed by atoms with E-state index in [1.807, 2.05) is 0 Å². The standard InChI is InChI=1S/C19H15F3N4O/c1-12(27)13-3-2-4-16(11-13)25-18-23-10-9-17(26-18)24-15-7-5-14(6-8-15)19(20,21)22/h2-11H,1H3,(H2,23,24,25,26). The molecule has 1 aromatic heterocycles. The summed E-state index contributed by atoms with van der Waals surface area (Å²) in [6, 6.07) is 13.1. The number of hydrogen-bond acceptors (Lipinski definition) is 5. The maximum atomic E-state index is 12.6. The van der Waals surface area contributed by atoms with Crippen LogP contribution in [0.1, 0.15) is 22.8 Å². The number of benzene rings is 2. The third-order valence-corrected chi connectivity index (χ3v) is 3.67. The van der Waals surface area contributed by atoms with Crippen LogP contribution in [0.15, 0.2) is 60.8 Å². The Bertz CT molecular complexity index is 956. The first-order chi connectivity index (χ1) is 12.8. The molecule has 0 spiro atoms. The highest BCUT2D eigenvalue weighted by molar-refractivity contribution is 5.95. The third-order valence-electron chi connectivity index (χ3n) is 3.67. The number of hydrogen-bond donors (Lipinski definition) is 2. The quantitative estimate of drug-likeness (QED) is 0.604. The lowest BCUT2D eigenvalue weighted by atomic mass is 10.1. The topological polar surface area (TPSA) is 66.9 Å². The van der Waals surface area contributed by atoms with Gasteiger partial charge >= 0.3 is 6.18 Å². The van der Waals surface area contributed by atoms with Crippen molar-refractivity contribution < 1.29 is 18.0 Å². The summed E-state index contributed by atoms with van der Waals surface area (Å²) in [5.74, 6) is 0.639. The zero-order valence-electron chi connectivity index (χ0n) is 14.2. The fraction of sp³-hybridized carbons (Fsp3) is 0.105. The lowest BCUT2D eigenvalue weighted by Gasteiger charge is -2.10. The van der Waals surface area contributed by atoms with Crippen LogP contribution in [0.2, 0.25) is 0 Å². The number of halogens is 3. The van der Waals surface area contributed by atoms with Crippen molar-refractivity contribution in [3.63, 3.8) is 0 Å². The molecule has 0 aliphatic carbocycles. The first kappa shape index (κ1) is 18.4. The highest BCUT2D eigenvalue weighted by Gasteiger charge is 2.29. The fourth-order valence-electron chi connectivity index (χ4n) is 2.32. The van der Waals surface area contributed by atoms with E-state index in [1.165, 1.54) is 25.3 Å². The van der Waals surface area contributed by atoms with Crippen LogP contribution >= 0.6 is 0 Å². The smallest absolute Gasteiger partial charge is 0.340 e. The lowest BCUT2D eigenvalue weighted by Crippen LogP contribution is -2.05. The predicted molar refractivity (Wildman–Crippen MR) is 96.5 cm³/mol. The molecule has 0 amide bonds. The molecule has 27 heavy (non-hydrogen) atoms. The summed E-state index contributed by atoms with van der Waals surface area (Å²) in [6.07, 6.45) is -2.87. The fourth-order valence-corrected chi connectivity index (χ4v) is 2.32. The van der Waals surface area contributed by atoms with E-state index in [4.69, 9.17) is 0 Å². The van der Waals surface area contributed by atoms with E-state index in [0.717, 1.165) is 12.1 Å². The zero-order chi connectivity index (χ0) is 19.4. The van der Waals surface area contributed by atoms with Crippen LogP contribution < -0.4 is 10.6 Å². The van der Waals surface area contributed by atoms with Crippen LogP contribution in [-0.4, -0.2) is 15.8 Å². The van der Waals surface area contributed by atoms with Gasteiger partial charge < -0.3 is 10.6 Å². The van der Waals surface area contributed by atoms with E-state index in [0.29, 0.717) is 22.8 Å². The van der Waals surface area contributed by atoms with Crippen molar-refractivity contribution in [1.82, 2.24) is 9.97 Å². The molecular weight excluding hydrogens is 357 g/mol. The van der Waals surface area contributed by atoms with Crippen LogP contribution in [0.5, 0.6) is 0 Å². The number of nitrogens with one attached hydrogen (secondary N) is 2. The van der Waals surface area contributed by atoms with Crippen LogP contribution in [-0.2, 0) is 6.18 Å². The molecule has 0 radical (unpaired) electrons. The zero-order valence-corrected chi connectivity index (χ0v) is 14.2. The first-order valence-corrected chi connectivity index (χ1v) is 7.96. The summed E-state index contributed by atoms with van der Waals surface area (Å²) < 4.78 is 37.8. The van der Waals surface area contributed by atoms with Crippen molar-refractivity contribution in [3.05, 3.63) is 71.9 Å². The largest absolute Gasteiger partial charge is 0.416 e. The van der Waals surface area contributed by atoms with E-state index in [-0.39, 0.29) is 11.7 Å². The maximum Gasteiger partial charge on any atom is 0.416 e. The van der Waals surface area contributed by atoms with E-state index in [1.54, 1.807) is 30.3 Å². The number of carbonyl (C=O) groups is 1. The third kappa shape index (κ3) is 4.81. The van der Waals surface area contributed by atoms with Crippen molar-refractivity contribution in [3.8, 4) is 0 Å². The molecule has 8 heteroatoms. The van der Waals surface area contributed by atoms with Gasteiger partial charge in [0.2, 0.25) is 5.95 Å². The van der Waals surface area contributed by atoms with Gasteiger partial charge in [0.05, 0.1) is 5.56 Å². The van der Waals surface area contributed by atoms with Gasteiger partial charge in [-0.3, -0.25) is 4.79 Å². The minimum absolute atomic E-state index is 0.0581. The molecule has 2 aromatic carbocycles. The summed E-state index contributed by atoms with van der Waals surface area (Å²) in [5.41, 5.74) is 0.947. The van der Waals surface area contributed by atoms with Crippen molar-refractivity contribution in [1.29, 1.82) is 0 Å². The molecule has 5 nitrogen and oxygen atoms in total. The molecule has 2 N–H and O–H groups in total. The van der Waals surface area contributed by atoms with Gasteiger partial charge in [0, 0.05) is 23.1 Å². The van der Waals surface area contributed by atoms with Gasteiger partial charge in [-0.25, -0.2) is 4.98 Å². The number of rotatable bonds is 5. The Kier molecular flexibility index (Phi) is 5.07. The summed E-state index contributed by atoms with van der Waals surface area (Å²) in [6.45, 7) is 1.48. The van der Waals surface area contributed by atoms with Gasteiger partial charge in [-0.15, -0.1) is 0 Å². The molecule has 0 aliphatic heterocycles. The normalized spacial score (nSPS) is 11.1. The monoisotopic (exact) mass is 372 g/mol. The number of alkyl halides is 3. The molecule has 0 saturated carbocycles. The van der Waals surface area contributed by atoms with Gasteiger partial charge in [0.1, 0.15) is 5.82 Å². The van der Waals surface area contributed by atoms with Crippen LogP contribution in [0.3, 0.4) is 0 Å². The molecule has 0 atom stereocenters. The Morgan fingerprint density at radius 2 is 1.70 bits per heavy atom. The molecule has 0 saturated heterocycles. The van der Waals surface area contributed by atoms with E-state index in [9.17, 15) is 18.0 Å². The second-order valence-electron chi connectivity index (χ2n) is 5.73. The summed E-state index contributed by atoms with van der Waals surface area (Å²) in [7, 11) is 0. The molecule has 0 bridgehead atoms. The second kappa shape index (κ2) is 7.45. The number of carbonyl (C=O) groups excluding carboxylic acids is 1. The van der Waals surface area contributed by atoms with Gasteiger partial charge in [-0.1, -0.05) is 12.1 Å². The van der Waals surface area contributed by atoms with Crippen molar-refractivity contribution >= 4 is 28.9 Å². The lowest BCUT2D eigenvalue weighted by molar-refractivity contribution is -0.137. The molecule has 138 valence electrons. The molecule has 3 rings (SSSR count). The molecule has 0 unspecified atom stereocenters. The van der Waals surface area contributed by atoms with E-state index >= 15 is 0 Å². The Balaban J connectivity index is 1.74. The molecule has 3 aromatic rings. The predicted octanol–water partition coefficient (Wildman–Crippen LogP) is 5.19. The summed E-state index contributed by atoms with van der Waals surface area (Å²) >= 11 is 0. The average molecular weight is 372 g/mol. The van der Waals surface area contributed by atoms with Crippen molar-refractivity contribution in [2.24, 2.45) is 0 Å². The minimum atomic E-state index is -4.38. The van der Waals surface area contributed by atoms with E-state index in [2.05, 4.69) is 20.6 Å².